The monoisotopic (exact) mass is 475 g/mol. The molecular formula is C26H29N5O2S. The number of aromatic nitrogens is 2. The van der Waals surface area contributed by atoms with Gasteiger partial charge in [-0.05, 0) is 69.0 Å². The molecule has 1 atom stereocenters. The molecule has 2 aliphatic rings. The second kappa shape index (κ2) is 10.4. The molecule has 0 spiro atoms. The Morgan fingerprint density at radius 2 is 1.94 bits per heavy atom. The van der Waals surface area contributed by atoms with Gasteiger partial charge >= 0.3 is 0 Å². The van der Waals surface area contributed by atoms with Gasteiger partial charge in [-0.1, -0.05) is 48.2 Å². The molecule has 0 aliphatic carbocycles. The van der Waals surface area contributed by atoms with Crippen LogP contribution < -0.4 is 16.0 Å². The van der Waals surface area contributed by atoms with Gasteiger partial charge in [0.15, 0.2) is 0 Å². The number of aryl methyl sites for hydroxylation is 1. The third-order valence-electron chi connectivity index (χ3n) is 6.35. The molecule has 34 heavy (non-hydrogen) atoms. The van der Waals surface area contributed by atoms with Crippen LogP contribution in [0.2, 0.25) is 0 Å². The molecule has 1 saturated heterocycles. The topological polar surface area (TPSA) is 87.5 Å². The number of rotatable bonds is 8. The molecule has 4 heterocycles. The van der Waals surface area contributed by atoms with Gasteiger partial charge in [-0.15, -0.1) is 0 Å². The van der Waals surface area contributed by atoms with Crippen molar-refractivity contribution in [1.29, 1.82) is 0 Å². The lowest BCUT2D eigenvalue weighted by Crippen LogP contribution is -2.51. The van der Waals surface area contributed by atoms with Crippen LogP contribution in [-0.4, -0.2) is 46.4 Å². The summed E-state index contributed by atoms with van der Waals surface area (Å²) >= 11 is 1.40. The van der Waals surface area contributed by atoms with E-state index < -0.39 is 6.04 Å². The van der Waals surface area contributed by atoms with Crippen molar-refractivity contribution in [2.24, 2.45) is 0 Å². The molecule has 3 aromatic rings. The normalized spacial score (nSPS) is 16.6. The van der Waals surface area contributed by atoms with Crippen LogP contribution in [0.15, 0.2) is 64.7 Å². The van der Waals surface area contributed by atoms with Crippen LogP contribution in [0.4, 0.5) is 0 Å². The van der Waals surface area contributed by atoms with Crippen LogP contribution >= 0.6 is 11.8 Å². The van der Waals surface area contributed by atoms with Gasteiger partial charge in [0.05, 0.1) is 21.8 Å². The molecular weight excluding hydrogens is 446 g/mol. The Hall–Kier alpha value is -3.10. The van der Waals surface area contributed by atoms with Crippen molar-refractivity contribution in [2.45, 2.75) is 49.2 Å². The van der Waals surface area contributed by atoms with Crippen molar-refractivity contribution >= 4 is 35.3 Å². The number of amides is 2. The summed E-state index contributed by atoms with van der Waals surface area (Å²) in [6.07, 6.45) is 7.70. The predicted molar refractivity (Wildman–Crippen MR) is 134 cm³/mol. The van der Waals surface area contributed by atoms with Crippen LogP contribution in [0.3, 0.4) is 0 Å². The average molecular weight is 476 g/mol. The van der Waals surface area contributed by atoms with Gasteiger partial charge in [0.25, 0.3) is 5.91 Å². The minimum absolute atomic E-state index is 0.0955. The molecule has 7 nitrogen and oxygen atoms in total. The van der Waals surface area contributed by atoms with Gasteiger partial charge in [-0.3, -0.25) is 14.0 Å². The number of nitrogens with zero attached hydrogens (tertiary/aromatic N) is 2. The lowest BCUT2D eigenvalue weighted by molar-refractivity contribution is -0.128. The minimum atomic E-state index is -0.574. The smallest absolute Gasteiger partial charge is 0.258 e. The molecule has 3 N–H and O–H groups in total. The molecule has 176 valence electrons. The van der Waals surface area contributed by atoms with Gasteiger partial charge in [0, 0.05) is 6.04 Å². The summed E-state index contributed by atoms with van der Waals surface area (Å²) in [5.41, 5.74) is 2.96. The first-order valence-corrected chi connectivity index (χ1v) is 12.7. The molecule has 0 radical (unpaired) electrons. The van der Waals surface area contributed by atoms with E-state index in [-0.39, 0.29) is 17.9 Å². The summed E-state index contributed by atoms with van der Waals surface area (Å²) in [5, 5.41) is 10.5. The highest BCUT2D eigenvalue weighted by molar-refractivity contribution is 8.04. The number of nitrogens with one attached hydrogen (secondary N) is 3. The number of benzene rings is 1. The predicted octanol–water partition coefficient (Wildman–Crippen LogP) is 3.16. The highest BCUT2D eigenvalue weighted by Crippen LogP contribution is 2.34. The van der Waals surface area contributed by atoms with Crippen LogP contribution in [0, 0.1) is 0 Å². The molecule has 0 bridgehead atoms. The number of carbonyl (C=O) groups is 2. The Morgan fingerprint density at radius 1 is 1.12 bits per heavy atom. The summed E-state index contributed by atoms with van der Waals surface area (Å²) in [6, 6.07) is 15.7. The maximum atomic E-state index is 13.3. The summed E-state index contributed by atoms with van der Waals surface area (Å²) in [7, 11) is 0. The van der Waals surface area contributed by atoms with E-state index in [2.05, 4.69) is 33.1 Å². The largest absolute Gasteiger partial charge is 0.351 e. The van der Waals surface area contributed by atoms with E-state index in [9.17, 15) is 9.59 Å². The van der Waals surface area contributed by atoms with Gasteiger partial charge in [-0.2, -0.15) is 0 Å². The van der Waals surface area contributed by atoms with E-state index in [1.54, 1.807) is 6.20 Å². The van der Waals surface area contributed by atoms with E-state index in [1.807, 2.05) is 46.9 Å². The van der Waals surface area contributed by atoms with E-state index >= 15 is 0 Å². The van der Waals surface area contributed by atoms with Gasteiger partial charge in [-0.25, -0.2) is 4.98 Å². The van der Waals surface area contributed by atoms with Gasteiger partial charge in [0.1, 0.15) is 11.7 Å². The number of thioether (sulfide) groups is 1. The summed E-state index contributed by atoms with van der Waals surface area (Å²) < 4.78 is 2.03. The first-order valence-electron chi connectivity index (χ1n) is 11.9. The Bertz CT molecular complexity index is 1200. The van der Waals surface area contributed by atoms with Crippen molar-refractivity contribution in [3.63, 3.8) is 0 Å². The van der Waals surface area contributed by atoms with Crippen molar-refractivity contribution in [1.82, 2.24) is 25.3 Å². The SMILES string of the molecule is O=C(NC(CCCc1ccccc1)C(=O)NC1CCNCC1)C1=Cc2cnc3cccc(n23)S1. The van der Waals surface area contributed by atoms with Crippen LogP contribution in [0.1, 0.15) is 36.9 Å². The molecule has 5 rings (SSSR count). The second-order valence-electron chi connectivity index (χ2n) is 8.79. The maximum absolute atomic E-state index is 13.3. The number of carbonyl (C=O) groups excluding carboxylic acids is 2. The molecule has 2 aliphatic heterocycles. The number of piperidine rings is 1. The zero-order valence-electron chi connectivity index (χ0n) is 19.0. The van der Waals surface area contributed by atoms with Crippen LogP contribution in [-0.2, 0) is 16.0 Å². The number of hydrogen-bond donors (Lipinski definition) is 3. The minimum Gasteiger partial charge on any atom is -0.351 e. The fourth-order valence-corrected chi connectivity index (χ4v) is 5.51. The first kappa shape index (κ1) is 22.7. The van der Waals surface area contributed by atoms with Crippen LogP contribution in [0.5, 0.6) is 0 Å². The molecule has 1 aromatic carbocycles. The Balaban J connectivity index is 1.28. The van der Waals surface area contributed by atoms with E-state index in [0.717, 1.165) is 55.1 Å². The fraction of sp³-hybridized carbons (Fsp3) is 0.346. The highest BCUT2D eigenvalue weighted by Gasteiger charge is 2.27. The molecule has 2 aromatic heterocycles. The Labute approximate surface area is 203 Å². The lowest BCUT2D eigenvalue weighted by atomic mass is 10.0. The van der Waals surface area contributed by atoms with E-state index in [0.29, 0.717) is 11.3 Å². The van der Waals surface area contributed by atoms with Gasteiger partial charge < -0.3 is 16.0 Å². The molecule has 1 fully saturated rings. The van der Waals surface area contributed by atoms with Crippen molar-refractivity contribution in [2.75, 3.05) is 13.1 Å². The molecule has 8 heteroatoms. The first-order chi connectivity index (χ1) is 16.7. The van der Waals surface area contributed by atoms with Gasteiger partial charge in [0.2, 0.25) is 5.91 Å². The quantitative estimate of drug-likeness (QED) is 0.466. The van der Waals surface area contributed by atoms with Crippen LogP contribution in [0.25, 0.3) is 11.7 Å². The molecule has 2 amide bonds. The Morgan fingerprint density at radius 3 is 2.76 bits per heavy atom. The third kappa shape index (κ3) is 5.18. The second-order valence-corrected chi connectivity index (χ2v) is 9.85. The number of pyridine rings is 1. The lowest BCUT2D eigenvalue weighted by Gasteiger charge is -2.27. The number of hydrogen-bond acceptors (Lipinski definition) is 5. The molecule has 0 saturated carbocycles. The summed E-state index contributed by atoms with van der Waals surface area (Å²) in [6.45, 7) is 1.80. The average Bonchev–Trinajstić information content (AvgIpc) is 3.29. The van der Waals surface area contributed by atoms with Crippen molar-refractivity contribution < 1.29 is 9.59 Å². The van der Waals surface area contributed by atoms with Crippen molar-refractivity contribution in [3.05, 3.63) is 70.9 Å². The zero-order valence-corrected chi connectivity index (χ0v) is 19.8. The fourth-order valence-electron chi connectivity index (χ4n) is 4.52. The standard InChI is InChI=1S/C26H29N5O2S/c32-25(29-19-12-14-27-15-13-19)21(9-4-8-18-6-2-1-3-7-18)30-26(33)22-16-20-17-28-23-10-5-11-24(34-22)31(20)23/h1-3,5-7,10-11,16-17,19,21,27H,4,8-9,12-15H2,(H,29,32)(H,30,33). The zero-order chi connectivity index (χ0) is 23.3. The van der Waals surface area contributed by atoms with E-state index in [1.165, 1.54) is 17.3 Å². The summed E-state index contributed by atoms with van der Waals surface area (Å²) in [4.78, 5) is 31.4. The van der Waals surface area contributed by atoms with E-state index in [4.69, 9.17) is 0 Å². The summed E-state index contributed by atoms with van der Waals surface area (Å²) in [5.74, 6) is -0.318. The Kier molecular flexibility index (Phi) is 6.97. The third-order valence-corrected chi connectivity index (χ3v) is 7.40. The molecule has 1 unspecified atom stereocenters. The maximum Gasteiger partial charge on any atom is 0.258 e. The highest BCUT2D eigenvalue weighted by atomic mass is 32.2. The number of imidazole rings is 1. The van der Waals surface area contributed by atoms with Crippen molar-refractivity contribution in [3.8, 4) is 0 Å².